The molecule has 0 aliphatic heterocycles. The Hall–Kier alpha value is -2.36. The molecule has 0 saturated carbocycles. The van der Waals surface area contributed by atoms with Gasteiger partial charge in [-0.05, 0) is 30.5 Å². The lowest BCUT2D eigenvalue weighted by molar-refractivity contribution is -0.143. The van der Waals surface area contributed by atoms with Crippen LogP contribution in [0.15, 0.2) is 78.4 Å². The van der Waals surface area contributed by atoms with Gasteiger partial charge in [-0.2, -0.15) is 0 Å². The zero-order valence-corrected chi connectivity index (χ0v) is 16.4. The number of methoxy groups -OCH3 is 1. The SMILES string of the molecule is COC(=O)C(C)C1=CC=CC(NCc2ccccc2)(c2ccccc2Cl)C1. The predicted molar refractivity (Wildman–Crippen MR) is 109 cm³/mol. The molecule has 4 heteroatoms. The Morgan fingerprint density at radius 3 is 2.59 bits per heavy atom. The molecule has 1 aliphatic rings. The maximum atomic E-state index is 12.1. The maximum Gasteiger partial charge on any atom is 0.312 e. The van der Waals surface area contributed by atoms with Crippen LogP contribution in [0.5, 0.6) is 0 Å². The minimum absolute atomic E-state index is 0.229. The Bertz CT molecular complexity index is 860. The van der Waals surface area contributed by atoms with Gasteiger partial charge < -0.3 is 4.74 Å². The Labute approximate surface area is 165 Å². The molecule has 0 spiro atoms. The molecule has 3 rings (SSSR count). The van der Waals surface area contributed by atoms with Crippen molar-refractivity contribution in [3.8, 4) is 0 Å². The first-order chi connectivity index (χ1) is 13.1. The van der Waals surface area contributed by atoms with Crippen LogP contribution in [-0.2, 0) is 21.6 Å². The molecule has 2 unspecified atom stereocenters. The van der Waals surface area contributed by atoms with Gasteiger partial charge in [-0.15, -0.1) is 0 Å². The van der Waals surface area contributed by atoms with Crippen LogP contribution in [0.4, 0.5) is 0 Å². The normalized spacial score (nSPS) is 20.0. The monoisotopic (exact) mass is 381 g/mol. The van der Waals surface area contributed by atoms with E-state index < -0.39 is 5.54 Å². The van der Waals surface area contributed by atoms with Crippen molar-refractivity contribution in [1.29, 1.82) is 0 Å². The lowest BCUT2D eigenvalue weighted by Crippen LogP contribution is -2.42. The van der Waals surface area contributed by atoms with Crippen molar-refractivity contribution in [3.63, 3.8) is 0 Å². The van der Waals surface area contributed by atoms with Crippen LogP contribution in [0.1, 0.15) is 24.5 Å². The van der Waals surface area contributed by atoms with E-state index in [1.54, 1.807) is 0 Å². The highest BCUT2D eigenvalue weighted by atomic mass is 35.5. The third kappa shape index (κ3) is 4.32. The Kier molecular flexibility index (Phi) is 6.15. The summed E-state index contributed by atoms with van der Waals surface area (Å²) in [6.07, 6.45) is 6.78. The zero-order valence-electron chi connectivity index (χ0n) is 15.6. The molecule has 0 saturated heterocycles. The van der Waals surface area contributed by atoms with Gasteiger partial charge in [0.2, 0.25) is 0 Å². The fourth-order valence-corrected chi connectivity index (χ4v) is 3.79. The van der Waals surface area contributed by atoms with E-state index in [2.05, 4.69) is 23.5 Å². The summed E-state index contributed by atoms with van der Waals surface area (Å²) in [6.45, 7) is 2.57. The van der Waals surface area contributed by atoms with Crippen LogP contribution in [0.3, 0.4) is 0 Å². The van der Waals surface area contributed by atoms with Gasteiger partial charge in [0.25, 0.3) is 0 Å². The number of esters is 1. The molecule has 140 valence electrons. The van der Waals surface area contributed by atoms with Gasteiger partial charge in [0.15, 0.2) is 0 Å². The number of halogens is 1. The van der Waals surface area contributed by atoms with Crippen LogP contribution in [0.25, 0.3) is 0 Å². The molecule has 27 heavy (non-hydrogen) atoms. The molecule has 0 heterocycles. The van der Waals surface area contributed by atoms with Crippen LogP contribution in [-0.4, -0.2) is 13.1 Å². The molecule has 0 amide bonds. The largest absolute Gasteiger partial charge is 0.469 e. The standard InChI is InChI=1S/C23H24ClNO2/c1-17(22(26)27-2)19-11-8-14-23(15-19,20-12-6-7-13-21(20)24)25-16-18-9-4-3-5-10-18/h3-14,17,25H,15-16H2,1-2H3. The summed E-state index contributed by atoms with van der Waals surface area (Å²) in [6, 6.07) is 18.1. The number of carbonyl (C=O) groups excluding carboxylic acids is 1. The Morgan fingerprint density at radius 1 is 1.19 bits per heavy atom. The third-order valence-corrected chi connectivity index (χ3v) is 5.42. The zero-order chi connectivity index (χ0) is 19.3. The third-order valence-electron chi connectivity index (χ3n) is 5.09. The van der Waals surface area contributed by atoms with Crippen LogP contribution in [0.2, 0.25) is 5.02 Å². The Morgan fingerprint density at radius 2 is 1.89 bits per heavy atom. The first-order valence-electron chi connectivity index (χ1n) is 9.06. The summed E-state index contributed by atoms with van der Waals surface area (Å²) >= 11 is 6.56. The molecule has 0 fully saturated rings. The average Bonchev–Trinajstić information content (AvgIpc) is 2.72. The van der Waals surface area contributed by atoms with E-state index in [0.29, 0.717) is 18.0 Å². The number of allylic oxidation sites excluding steroid dienone is 2. The maximum absolute atomic E-state index is 12.1. The summed E-state index contributed by atoms with van der Waals surface area (Å²) in [5.41, 5.74) is 2.72. The van der Waals surface area contributed by atoms with Crippen molar-refractivity contribution >= 4 is 17.6 Å². The molecular formula is C23H24ClNO2. The predicted octanol–water partition coefficient (Wildman–Crippen LogP) is 5.02. The quantitative estimate of drug-likeness (QED) is 0.714. The molecule has 0 bridgehead atoms. The fraction of sp³-hybridized carbons (Fsp3) is 0.261. The second-order valence-electron chi connectivity index (χ2n) is 6.81. The molecule has 1 N–H and O–H groups in total. The highest BCUT2D eigenvalue weighted by Crippen LogP contribution is 2.39. The van der Waals surface area contributed by atoms with Crippen molar-refractivity contribution in [3.05, 3.63) is 94.5 Å². The van der Waals surface area contributed by atoms with E-state index >= 15 is 0 Å². The summed E-state index contributed by atoms with van der Waals surface area (Å²) in [7, 11) is 1.42. The molecule has 0 radical (unpaired) electrons. The van der Waals surface area contributed by atoms with Crippen molar-refractivity contribution < 1.29 is 9.53 Å². The van der Waals surface area contributed by atoms with Crippen LogP contribution < -0.4 is 5.32 Å². The van der Waals surface area contributed by atoms with Gasteiger partial charge in [0.1, 0.15) is 0 Å². The highest BCUT2D eigenvalue weighted by molar-refractivity contribution is 6.31. The highest BCUT2D eigenvalue weighted by Gasteiger charge is 2.35. The lowest BCUT2D eigenvalue weighted by atomic mass is 9.77. The number of hydrogen-bond acceptors (Lipinski definition) is 3. The first kappa shape index (κ1) is 19.4. The van der Waals surface area contributed by atoms with Gasteiger partial charge in [0, 0.05) is 11.6 Å². The van der Waals surface area contributed by atoms with Crippen LogP contribution >= 0.6 is 11.6 Å². The molecule has 1 aliphatic carbocycles. The number of benzene rings is 2. The number of carbonyl (C=O) groups is 1. The summed E-state index contributed by atoms with van der Waals surface area (Å²) in [5.74, 6) is -0.534. The smallest absolute Gasteiger partial charge is 0.312 e. The topological polar surface area (TPSA) is 38.3 Å². The summed E-state index contributed by atoms with van der Waals surface area (Å²) < 4.78 is 4.94. The van der Waals surface area contributed by atoms with E-state index in [1.807, 2.05) is 61.5 Å². The number of hydrogen-bond donors (Lipinski definition) is 1. The summed E-state index contributed by atoms with van der Waals surface area (Å²) in [5, 5.41) is 4.39. The van der Waals surface area contributed by atoms with E-state index in [0.717, 1.165) is 11.1 Å². The van der Waals surface area contributed by atoms with Gasteiger partial charge >= 0.3 is 5.97 Å². The van der Waals surface area contributed by atoms with E-state index in [4.69, 9.17) is 16.3 Å². The van der Waals surface area contributed by atoms with E-state index in [9.17, 15) is 4.79 Å². The van der Waals surface area contributed by atoms with Gasteiger partial charge in [-0.3, -0.25) is 10.1 Å². The van der Waals surface area contributed by atoms with Crippen LogP contribution in [0, 0.1) is 5.92 Å². The average molecular weight is 382 g/mol. The number of nitrogens with one attached hydrogen (secondary N) is 1. The Balaban J connectivity index is 1.94. The van der Waals surface area contributed by atoms with Gasteiger partial charge in [-0.25, -0.2) is 0 Å². The van der Waals surface area contributed by atoms with Crippen molar-refractivity contribution in [1.82, 2.24) is 5.32 Å². The molecular weight excluding hydrogens is 358 g/mol. The number of rotatable bonds is 6. The van der Waals surface area contributed by atoms with Crippen molar-refractivity contribution in [2.75, 3.05) is 7.11 Å². The summed E-state index contributed by atoms with van der Waals surface area (Å²) in [4.78, 5) is 12.1. The van der Waals surface area contributed by atoms with Gasteiger partial charge in [0.05, 0.1) is 18.6 Å². The fourth-order valence-electron chi connectivity index (χ4n) is 3.48. The number of ether oxygens (including phenoxy) is 1. The minimum Gasteiger partial charge on any atom is -0.469 e. The molecule has 0 aromatic heterocycles. The second-order valence-corrected chi connectivity index (χ2v) is 7.22. The van der Waals surface area contributed by atoms with E-state index in [-0.39, 0.29) is 11.9 Å². The first-order valence-corrected chi connectivity index (χ1v) is 9.43. The molecule has 2 aromatic rings. The molecule has 2 atom stereocenters. The van der Waals surface area contributed by atoms with Crippen molar-refractivity contribution in [2.45, 2.75) is 25.4 Å². The van der Waals surface area contributed by atoms with E-state index in [1.165, 1.54) is 12.7 Å². The second kappa shape index (κ2) is 8.55. The molecule has 2 aromatic carbocycles. The minimum atomic E-state index is -0.486. The van der Waals surface area contributed by atoms with Crippen molar-refractivity contribution in [2.24, 2.45) is 5.92 Å². The lowest BCUT2D eigenvalue weighted by Gasteiger charge is -2.37. The molecule has 3 nitrogen and oxygen atoms in total. The van der Waals surface area contributed by atoms with Gasteiger partial charge in [-0.1, -0.05) is 83.9 Å².